The summed E-state index contributed by atoms with van der Waals surface area (Å²) in [6, 6.07) is 50.1. The molecule has 2 unspecified atom stereocenters. The summed E-state index contributed by atoms with van der Waals surface area (Å²) in [5.41, 5.74) is 5.85. The highest BCUT2D eigenvalue weighted by molar-refractivity contribution is 7.33. The average molecular weight is 1010 g/mol. The van der Waals surface area contributed by atoms with Gasteiger partial charge in [0.1, 0.15) is 48.8 Å². The first-order chi connectivity index (χ1) is 36.3. The van der Waals surface area contributed by atoms with E-state index in [1.54, 1.807) is 49.1 Å². The third-order valence-electron chi connectivity index (χ3n) is 13.1. The standard InChI is InChI=1S/C56H48N7O10P/c1-67-40-26-22-38(23-27-40)56(37-16-7-4-8-17-37,39-24-28-41(68-2)29-25-39)70-33-47-50(73-74(66)71-31-13-30-57)48(61-55(65)69-32-46-44-20-11-9-18-42(44)43-19-10-12-21-45(43)46)54(72-47)63-35-60-49-51(58-34-59-52(49)63)62-53(64)36-14-5-3-6-15-36/h3-12,14-29,34-35,46-48,50,54H,13,31-33H2,1-2H3,(H-,58,59,61,62,64,65)/p+1/t47?,48-,50-,54-/m1/s1. The Balaban J connectivity index is 1.05. The van der Waals surface area contributed by atoms with Crippen LogP contribution in [0, 0.1) is 11.3 Å². The van der Waals surface area contributed by atoms with Crippen molar-refractivity contribution >= 4 is 37.2 Å². The molecule has 2 aromatic heterocycles. The van der Waals surface area contributed by atoms with E-state index in [0.29, 0.717) is 17.1 Å². The fraction of sp³-hybridized carbons (Fsp3) is 0.214. The van der Waals surface area contributed by atoms with Crippen LogP contribution in [0.4, 0.5) is 10.6 Å². The van der Waals surface area contributed by atoms with Crippen molar-refractivity contribution in [2.45, 2.75) is 42.4 Å². The van der Waals surface area contributed by atoms with Crippen LogP contribution in [-0.2, 0) is 33.4 Å². The Morgan fingerprint density at radius 2 is 1.34 bits per heavy atom. The summed E-state index contributed by atoms with van der Waals surface area (Å²) in [6.45, 7) is -0.462. The summed E-state index contributed by atoms with van der Waals surface area (Å²) in [4.78, 5) is 41.4. The van der Waals surface area contributed by atoms with Crippen molar-refractivity contribution in [3.63, 3.8) is 0 Å². The van der Waals surface area contributed by atoms with E-state index in [9.17, 15) is 19.4 Å². The monoisotopic (exact) mass is 1010 g/mol. The summed E-state index contributed by atoms with van der Waals surface area (Å²) >= 11 is 0. The Labute approximate surface area is 426 Å². The molecule has 1 saturated heterocycles. The van der Waals surface area contributed by atoms with E-state index < -0.39 is 50.3 Å². The van der Waals surface area contributed by atoms with Gasteiger partial charge < -0.3 is 34.3 Å². The summed E-state index contributed by atoms with van der Waals surface area (Å²) in [5, 5.41) is 15.1. The minimum Gasteiger partial charge on any atom is -0.497 e. The summed E-state index contributed by atoms with van der Waals surface area (Å²) in [7, 11) is 0.240. The van der Waals surface area contributed by atoms with Crippen LogP contribution in [0.3, 0.4) is 0 Å². The van der Waals surface area contributed by atoms with Crippen LogP contribution in [0.1, 0.15) is 56.7 Å². The lowest BCUT2D eigenvalue weighted by Crippen LogP contribution is -2.48. The highest BCUT2D eigenvalue weighted by atomic mass is 31.1. The van der Waals surface area contributed by atoms with Crippen LogP contribution in [0.25, 0.3) is 22.3 Å². The Morgan fingerprint density at radius 3 is 1.96 bits per heavy atom. The van der Waals surface area contributed by atoms with Gasteiger partial charge >= 0.3 is 14.3 Å². The zero-order valence-electron chi connectivity index (χ0n) is 40.1. The van der Waals surface area contributed by atoms with Crippen LogP contribution in [-0.4, -0.2) is 83.8 Å². The SMILES string of the molecule is COc1ccc(C(OCC2O[C@@H](n3cnc4c(NC(=O)c5ccccc5)ncnc43)[C@H](NC(=O)OCC3c4ccccc4-c4ccccc43)[C@@H]2O[P+](=O)OCCC#N)(c2ccccc2)c2ccc(OC)cc2)cc1. The smallest absolute Gasteiger partial charge is 0.497 e. The zero-order chi connectivity index (χ0) is 51.0. The van der Waals surface area contributed by atoms with Crippen molar-refractivity contribution in [2.75, 3.05) is 39.4 Å². The molecular weight excluding hydrogens is 962 g/mol. The Hall–Kier alpha value is -8.36. The second-order valence-corrected chi connectivity index (χ2v) is 18.2. The van der Waals surface area contributed by atoms with E-state index in [1.807, 2.05) is 133 Å². The van der Waals surface area contributed by atoms with Gasteiger partial charge in [0.25, 0.3) is 5.91 Å². The zero-order valence-corrected chi connectivity index (χ0v) is 41.0. The molecular formula is C56H49N7O10P+. The third-order valence-corrected chi connectivity index (χ3v) is 13.9. The van der Waals surface area contributed by atoms with E-state index in [1.165, 1.54) is 12.7 Å². The number of fused-ring (bicyclic) bond motifs is 4. The molecule has 17 nitrogen and oxygen atoms in total. The molecule has 1 aliphatic carbocycles. The van der Waals surface area contributed by atoms with Gasteiger partial charge in [-0.15, -0.1) is 9.05 Å². The fourth-order valence-electron chi connectivity index (χ4n) is 9.65. The third kappa shape index (κ3) is 9.92. The molecule has 8 aromatic rings. The molecule has 372 valence electrons. The highest BCUT2D eigenvalue weighted by Gasteiger charge is 2.54. The second-order valence-electron chi connectivity index (χ2n) is 17.3. The number of nitriles is 1. The number of alkyl carbamates (subject to hydrolysis) is 1. The topological polar surface area (TPSA) is 207 Å². The van der Waals surface area contributed by atoms with Crippen LogP contribution < -0.4 is 20.1 Å². The van der Waals surface area contributed by atoms with Crippen molar-refractivity contribution in [3.05, 3.63) is 204 Å². The molecule has 0 saturated carbocycles. The van der Waals surface area contributed by atoms with Crippen molar-refractivity contribution in [2.24, 2.45) is 0 Å². The van der Waals surface area contributed by atoms with E-state index in [2.05, 4.69) is 25.6 Å². The van der Waals surface area contributed by atoms with Gasteiger partial charge in [0, 0.05) is 16.0 Å². The van der Waals surface area contributed by atoms with E-state index >= 15 is 0 Å². The average Bonchev–Trinajstić information content (AvgIpc) is 4.14. The predicted molar refractivity (Wildman–Crippen MR) is 273 cm³/mol. The molecule has 2 amide bonds. The molecule has 0 radical (unpaired) electrons. The molecule has 1 aliphatic heterocycles. The molecule has 18 heteroatoms. The lowest BCUT2D eigenvalue weighted by atomic mass is 9.80. The predicted octanol–water partition coefficient (Wildman–Crippen LogP) is 9.88. The number of hydrogen-bond donors (Lipinski definition) is 2. The van der Waals surface area contributed by atoms with E-state index in [-0.39, 0.29) is 49.1 Å². The highest BCUT2D eigenvalue weighted by Crippen LogP contribution is 2.47. The summed E-state index contributed by atoms with van der Waals surface area (Å²) in [5.74, 6) is 0.689. The van der Waals surface area contributed by atoms with Gasteiger partial charge in [-0.3, -0.25) is 9.36 Å². The van der Waals surface area contributed by atoms with Gasteiger partial charge in [-0.05, 0) is 75.3 Å². The minimum atomic E-state index is -2.94. The number of benzene rings is 6. The fourth-order valence-corrected chi connectivity index (χ4v) is 10.4. The van der Waals surface area contributed by atoms with Gasteiger partial charge in [0.2, 0.25) is 0 Å². The second kappa shape index (κ2) is 22.2. The van der Waals surface area contributed by atoms with Crippen molar-refractivity contribution in [1.29, 1.82) is 5.26 Å². The number of rotatable bonds is 19. The van der Waals surface area contributed by atoms with Crippen LogP contribution >= 0.6 is 8.25 Å². The largest absolute Gasteiger partial charge is 0.697 e. The van der Waals surface area contributed by atoms with E-state index in [0.717, 1.165) is 38.9 Å². The molecule has 10 rings (SSSR count). The quantitative estimate of drug-likeness (QED) is 0.0439. The van der Waals surface area contributed by atoms with Crippen LogP contribution in [0.15, 0.2) is 170 Å². The van der Waals surface area contributed by atoms with Crippen molar-refractivity contribution in [3.8, 4) is 28.7 Å². The number of carbonyl (C=O) groups excluding carboxylic acids is 2. The lowest BCUT2D eigenvalue weighted by molar-refractivity contribution is -0.0908. The van der Waals surface area contributed by atoms with Gasteiger partial charge in [-0.1, -0.05) is 121 Å². The molecule has 2 N–H and O–H groups in total. The number of methoxy groups -OCH3 is 2. The molecule has 5 atom stereocenters. The Bertz CT molecular complexity index is 3230. The van der Waals surface area contributed by atoms with Gasteiger partial charge in [0.05, 0.1) is 39.6 Å². The Kier molecular flexibility index (Phi) is 14.8. The molecule has 1 fully saturated rings. The maximum absolute atomic E-state index is 14.5. The van der Waals surface area contributed by atoms with E-state index in [4.69, 9.17) is 32.7 Å². The number of ether oxygens (including phenoxy) is 5. The maximum Gasteiger partial charge on any atom is 0.697 e. The molecule has 3 heterocycles. The first-order valence-electron chi connectivity index (χ1n) is 23.7. The number of hydrogen-bond acceptors (Lipinski definition) is 14. The first-order valence-corrected chi connectivity index (χ1v) is 24.8. The molecule has 6 aromatic carbocycles. The number of anilines is 1. The number of amides is 2. The van der Waals surface area contributed by atoms with Crippen LogP contribution in [0.2, 0.25) is 0 Å². The van der Waals surface area contributed by atoms with Crippen molar-refractivity contribution < 1.29 is 46.9 Å². The Morgan fingerprint density at radius 1 is 0.743 bits per heavy atom. The number of carbonyl (C=O) groups is 2. The normalized spacial score (nSPS) is 17.2. The van der Waals surface area contributed by atoms with Gasteiger partial charge in [-0.2, -0.15) is 5.26 Å². The number of nitrogens with zero attached hydrogens (tertiary/aromatic N) is 5. The van der Waals surface area contributed by atoms with Gasteiger partial charge in [-0.25, -0.2) is 19.7 Å². The maximum atomic E-state index is 14.5. The summed E-state index contributed by atoms with van der Waals surface area (Å²) in [6.07, 6.45) is -1.79. The van der Waals surface area contributed by atoms with Crippen LogP contribution in [0.5, 0.6) is 11.5 Å². The number of aromatic nitrogens is 4. The van der Waals surface area contributed by atoms with Crippen molar-refractivity contribution in [1.82, 2.24) is 24.8 Å². The molecule has 0 bridgehead atoms. The van der Waals surface area contributed by atoms with Gasteiger partial charge in [0.15, 0.2) is 29.3 Å². The summed E-state index contributed by atoms with van der Waals surface area (Å²) < 4.78 is 58.8. The first kappa shape index (κ1) is 49.2. The molecule has 74 heavy (non-hydrogen) atoms. The number of imidazole rings is 1. The molecule has 2 aliphatic rings. The molecule has 0 spiro atoms. The minimum absolute atomic E-state index is 0.0171. The lowest BCUT2D eigenvalue weighted by Gasteiger charge is -2.37. The number of nitrogens with one attached hydrogen (secondary N) is 2.